The zero-order valence-corrected chi connectivity index (χ0v) is 18.7. The van der Waals surface area contributed by atoms with E-state index >= 15 is 0 Å². The van der Waals surface area contributed by atoms with Crippen LogP contribution in [0.15, 0.2) is 0 Å². The molecule has 2 unspecified atom stereocenters. The Morgan fingerprint density at radius 1 is 0.594 bits per heavy atom. The lowest BCUT2D eigenvalue weighted by Gasteiger charge is -2.12. The number of methoxy groups -OCH3 is 2. The lowest BCUT2D eigenvalue weighted by atomic mass is 10.2. The summed E-state index contributed by atoms with van der Waals surface area (Å²) in [7, 11) is 2.05. The minimum Gasteiger partial charge on any atom is -0.481 e. The molecule has 0 aromatic carbocycles. The average molecular weight is 478 g/mol. The summed E-state index contributed by atoms with van der Waals surface area (Å²) in [5.41, 5.74) is 9.81. The van der Waals surface area contributed by atoms with Crippen molar-refractivity contribution in [2.45, 2.75) is 39.9 Å². The van der Waals surface area contributed by atoms with Crippen LogP contribution in [-0.2, 0) is 38.2 Å². The molecule has 0 amide bonds. The van der Waals surface area contributed by atoms with Gasteiger partial charge in [-0.3, -0.25) is 19.2 Å². The van der Waals surface area contributed by atoms with Gasteiger partial charge >= 0.3 is 11.9 Å². The van der Waals surface area contributed by atoms with Gasteiger partial charge in [0.05, 0.1) is 14.2 Å². The quantitative estimate of drug-likeness (QED) is 0.191. The average Bonchev–Trinajstić information content (AvgIpc) is 2.63. The van der Waals surface area contributed by atoms with Crippen LogP contribution in [-0.4, -0.2) is 106 Å². The number of carbonyl (C=O) groups is 6. The number of rotatable bonds is 4. The molecule has 2 atom stereocenters. The number of aliphatic hydroxyl groups excluding tert-OH is 2. The summed E-state index contributed by atoms with van der Waals surface area (Å²) < 4.78 is 8.14. The fraction of sp³-hybridized carbons (Fsp3) is 0.625. The third-order valence-corrected chi connectivity index (χ3v) is 1.35. The zero-order chi connectivity index (χ0) is 27.4. The minimum absolute atomic E-state index is 0.597. The molecule has 0 aromatic rings. The monoisotopic (exact) mass is 478 g/mol. The predicted octanol–water partition coefficient (Wildman–Crippen LogP) is -2.68. The van der Waals surface area contributed by atoms with Crippen molar-refractivity contribution < 1.29 is 68.9 Å². The van der Waals surface area contributed by atoms with E-state index in [0.717, 1.165) is 41.9 Å². The van der Waals surface area contributed by atoms with E-state index < -0.39 is 48.0 Å². The number of carboxylic acid groups (broad SMARTS) is 4. The highest BCUT2D eigenvalue weighted by Crippen LogP contribution is 1.97. The normalized spacial score (nSPS) is 9.56. The van der Waals surface area contributed by atoms with E-state index in [4.69, 9.17) is 61.3 Å². The fourth-order valence-electron chi connectivity index (χ4n) is 0.499. The molecule has 0 rings (SSSR count). The summed E-state index contributed by atoms with van der Waals surface area (Å²) in [6.07, 6.45) is -3.80. The molecule has 0 spiro atoms. The molecule has 0 saturated carbocycles. The van der Waals surface area contributed by atoms with Crippen molar-refractivity contribution in [1.29, 1.82) is 0 Å². The molecule has 0 saturated heterocycles. The van der Waals surface area contributed by atoms with Crippen molar-refractivity contribution in [1.82, 2.24) is 0 Å². The van der Waals surface area contributed by atoms with Crippen molar-refractivity contribution >= 4 is 35.8 Å². The maximum absolute atomic E-state index is 10.5. The number of carboxylic acids is 4. The van der Waals surface area contributed by atoms with Crippen LogP contribution >= 0.6 is 0 Å². The van der Waals surface area contributed by atoms with Crippen LogP contribution in [0.4, 0.5) is 0 Å². The molecule has 0 aromatic heterocycles. The highest BCUT2D eigenvalue weighted by molar-refractivity contribution is 5.85. The van der Waals surface area contributed by atoms with Crippen LogP contribution < -0.4 is 11.5 Å². The first-order valence-corrected chi connectivity index (χ1v) is 8.09. The summed E-state index contributed by atoms with van der Waals surface area (Å²) in [5.74, 6) is -5.51. The second kappa shape index (κ2) is 32.3. The van der Waals surface area contributed by atoms with Gasteiger partial charge in [-0.25, -0.2) is 9.59 Å². The Balaban J connectivity index is -0.0000000706. The standard InChI is InChI=1S/C6H10O6.C2H8N2.4C2H4O2/c1-11-5(9)3(7)4(8)6(10)12-2;3-1-2-4;4*1-2(3)4/h3-4,7-8H,1-2H3;1-4H2;4*1H3,(H,3,4). The number of nitrogens with two attached hydrogens (primary N) is 2. The fourth-order valence-corrected chi connectivity index (χ4v) is 0.499. The molecule has 0 bridgehead atoms. The SMILES string of the molecule is CC(=O)O.CC(=O)O.CC(=O)O.CC(=O)O.COC(=O)C(O)C(O)C(=O)OC.NCCN. The van der Waals surface area contributed by atoms with Crippen LogP contribution in [0.25, 0.3) is 0 Å². The van der Waals surface area contributed by atoms with E-state index in [-0.39, 0.29) is 0 Å². The van der Waals surface area contributed by atoms with Crippen LogP contribution in [0.2, 0.25) is 0 Å². The first-order valence-electron chi connectivity index (χ1n) is 8.09. The molecule has 16 heteroatoms. The molecule has 0 aliphatic carbocycles. The highest BCUT2D eigenvalue weighted by Gasteiger charge is 2.31. The van der Waals surface area contributed by atoms with Gasteiger partial charge in [0.25, 0.3) is 23.9 Å². The van der Waals surface area contributed by atoms with Crippen LogP contribution in [0.3, 0.4) is 0 Å². The topological polar surface area (TPSA) is 294 Å². The van der Waals surface area contributed by atoms with Crippen molar-refractivity contribution in [3.63, 3.8) is 0 Å². The van der Waals surface area contributed by atoms with E-state index in [9.17, 15) is 9.59 Å². The summed E-state index contributed by atoms with van der Waals surface area (Å²) in [6.45, 7) is 5.53. The smallest absolute Gasteiger partial charge is 0.338 e. The third-order valence-electron chi connectivity index (χ3n) is 1.35. The lowest BCUT2D eigenvalue weighted by Crippen LogP contribution is -2.40. The Morgan fingerprint density at radius 3 is 0.781 bits per heavy atom. The Bertz CT molecular complexity index is 439. The van der Waals surface area contributed by atoms with Crippen LogP contribution in [0.1, 0.15) is 27.7 Å². The van der Waals surface area contributed by atoms with Gasteiger partial charge in [0.1, 0.15) is 0 Å². The summed E-state index contributed by atoms with van der Waals surface area (Å²) in [5, 5.41) is 47.4. The van der Waals surface area contributed by atoms with Crippen LogP contribution in [0.5, 0.6) is 0 Å². The van der Waals surface area contributed by atoms with Gasteiger partial charge < -0.3 is 51.6 Å². The van der Waals surface area contributed by atoms with Gasteiger partial charge in [-0.05, 0) is 0 Å². The molecular formula is C16H34N2O14. The van der Waals surface area contributed by atoms with Crippen molar-refractivity contribution in [3.05, 3.63) is 0 Å². The second-order valence-corrected chi connectivity index (χ2v) is 4.59. The molecule has 0 radical (unpaired) electrons. The predicted molar refractivity (Wildman–Crippen MR) is 107 cm³/mol. The number of carbonyl (C=O) groups excluding carboxylic acids is 2. The summed E-state index contributed by atoms with van der Waals surface area (Å²) in [4.78, 5) is 57.1. The molecule has 0 fully saturated rings. The molecule has 0 heterocycles. The van der Waals surface area contributed by atoms with E-state index in [1.807, 2.05) is 0 Å². The maximum Gasteiger partial charge on any atom is 0.338 e. The lowest BCUT2D eigenvalue weighted by molar-refractivity contribution is -0.169. The number of esters is 2. The highest BCUT2D eigenvalue weighted by atomic mass is 16.6. The van der Waals surface area contributed by atoms with Gasteiger partial charge in [-0.2, -0.15) is 0 Å². The third kappa shape index (κ3) is 94.1. The van der Waals surface area contributed by atoms with Gasteiger partial charge in [0.2, 0.25) is 0 Å². The maximum atomic E-state index is 10.5. The van der Waals surface area contributed by atoms with E-state index in [0.29, 0.717) is 13.1 Å². The Morgan fingerprint density at radius 2 is 0.719 bits per heavy atom. The number of ether oxygens (including phenoxy) is 2. The van der Waals surface area contributed by atoms with E-state index in [1.165, 1.54) is 0 Å². The van der Waals surface area contributed by atoms with Gasteiger partial charge in [-0.1, -0.05) is 0 Å². The number of hydrogen-bond donors (Lipinski definition) is 8. The number of aliphatic carboxylic acids is 4. The minimum atomic E-state index is -1.90. The number of hydrogen-bond acceptors (Lipinski definition) is 12. The molecular weight excluding hydrogens is 444 g/mol. The van der Waals surface area contributed by atoms with Crippen molar-refractivity contribution in [2.24, 2.45) is 11.5 Å². The van der Waals surface area contributed by atoms with Gasteiger partial charge in [0.15, 0.2) is 12.2 Å². The van der Waals surface area contributed by atoms with E-state index in [2.05, 4.69) is 9.47 Å². The van der Waals surface area contributed by atoms with E-state index in [1.54, 1.807) is 0 Å². The zero-order valence-electron chi connectivity index (χ0n) is 18.7. The second-order valence-electron chi connectivity index (χ2n) is 4.59. The van der Waals surface area contributed by atoms with Crippen LogP contribution in [0, 0.1) is 0 Å². The molecule has 0 aliphatic rings. The first-order chi connectivity index (χ1) is 14.4. The summed E-state index contributed by atoms with van der Waals surface area (Å²) >= 11 is 0. The molecule has 16 nitrogen and oxygen atoms in total. The van der Waals surface area contributed by atoms with Gasteiger partial charge in [-0.15, -0.1) is 0 Å². The molecule has 32 heavy (non-hydrogen) atoms. The number of aliphatic hydroxyl groups is 2. The molecule has 192 valence electrons. The van der Waals surface area contributed by atoms with Gasteiger partial charge in [0, 0.05) is 40.8 Å². The Labute approximate surface area is 184 Å². The Hall–Kier alpha value is -3.34. The van der Waals surface area contributed by atoms with Crippen molar-refractivity contribution in [3.8, 4) is 0 Å². The summed E-state index contributed by atoms with van der Waals surface area (Å²) in [6, 6.07) is 0. The molecule has 0 aliphatic heterocycles. The molecule has 10 N–H and O–H groups in total. The largest absolute Gasteiger partial charge is 0.481 e. The first kappa shape index (κ1) is 42.7. The Kier molecular flexibility index (Phi) is 43.1. The van der Waals surface area contributed by atoms with Crippen molar-refractivity contribution in [2.75, 3.05) is 27.3 Å².